The summed E-state index contributed by atoms with van der Waals surface area (Å²) in [6.07, 6.45) is 1.34. The van der Waals surface area contributed by atoms with E-state index in [0.717, 1.165) is 21.4 Å². The molecule has 5 amide bonds. The maximum atomic E-state index is 13.3. The minimum Gasteiger partial charge on any atom is -0.480 e. The molecular formula is C24H31N7O7. The highest BCUT2D eigenvalue weighted by atomic mass is 16.4. The number of carboxylic acids is 1. The van der Waals surface area contributed by atoms with Gasteiger partial charge >= 0.3 is 5.97 Å². The molecule has 0 saturated carbocycles. The summed E-state index contributed by atoms with van der Waals surface area (Å²) >= 11 is 0. The molecule has 14 nitrogen and oxygen atoms in total. The number of H-pyrrole nitrogens is 1. The van der Waals surface area contributed by atoms with Crippen LogP contribution in [0.3, 0.4) is 0 Å². The third-order valence-corrected chi connectivity index (χ3v) is 6.33. The molecule has 38 heavy (non-hydrogen) atoms. The maximum Gasteiger partial charge on any atom is 0.326 e. The van der Waals surface area contributed by atoms with Gasteiger partial charge in [-0.3, -0.25) is 24.0 Å². The molecule has 4 unspecified atom stereocenters. The lowest BCUT2D eigenvalue weighted by Crippen LogP contribution is -2.57. The van der Waals surface area contributed by atoms with Crippen molar-refractivity contribution in [2.45, 2.75) is 56.3 Å². The average molecular weight is 530 g/mol. The number of nitrogens with zero attached hydrogens (tertiary/aromatic N) is 1. The van der Waals surface area contributed by atoms with Gasteiger partial charge in [0, 0.05) is 23.6 Å². The van der Waals surface area contributed by atoms with Crippen LogP contribution in [0.1, 0.15) is 31.2 Å². The second kappa shape index (κ2) is 12.2. The number of rotatable bonds is 12. The Balaban J connectivity index is 1.70. The summed E-state index contributed by atoms with van der Waals surface area (Å²) < 4.78 is 0. The fraction of sp³-hybridized carbons (Fsp3) is 0.417. The molecule has 4 atom stereocenters. The molecule has 14 heteroatoms. The Morgan fingerprint density at radius 1 is 1.03 bits per heavy atom. The number of amides is 5. The van der Waals surface area contributed by atoms with Gasteiger partial charge < -0.3 is 42.8 Å². The summed E-state index contributed by atoms with van der Waals surface area (Å²) in [6, 6.07) is 2.38. The first-order chi connectivity index (χ1) is 18.0. The van der Waals surface area contributed by atoms with Crippen molar-refractivity contribution < 1.29 is 33.9 Å². The van der Waals surface area contributed by atoms with E-state index in [1.807, 2.05) is 24.3 Å². The van der Waals surface area contributed by atoms with E-state index in [2.05, 4.69) is 15.6 Å². The third-order valence-electron chi connectivity index (χ3n) is 6.33. The van der Waals surface area contributed by atoms with Crippen molar-refractivity contribution in [3.8, 4) is 0 Å². The standard InChI is InChI=1S/C24H31N7O7/c25-14(8-12-11-28-15-5-2-1-4-13(12)15)21(34)29-16(9-19(26)32)23(36)31-7-3-6-18(31)22(35)30-17(24(37)38)10-20(27)33/h1-2,4-5,11,14,16-18,28H,3,6-10,25H2,(H2,26,32)(H2,27,33)(H,29,34)(H,30,35)(H,37,38). The first-order valence-corrected chi connectivity index (χ1v) is 12.0. The van der Waals surface area contributed by atoms with Crippen LogP contribution in [-0.2, 0) is 35.2 Å². The third kappa shape index (κ3) is 6.85. The number of likely N-dealkylation sites (tertiary alicyclic amines) is 1. The topological polar surface area (TPSA) is 244 Å². The SMILES string of the molecule is NC(=O)CC(NC(=O)C1CCCN1C(=O)C(CC(N)=O)NC(=O)C(N)Cc1c[nH]c2ccccc12)C(=O)O. The molecule has 2 aromatic rings. The number of nitrogens with two attached hydrogens (primary N) is 3. The van der Waals surface area contributed by atoms with Gasteiger partial charge in [0.05, 0.1) is 18.9 Å². The lowest BCUT2D eigenvalue weighted by atomic mass is 10.0. The predicted octanol–water partition coefficient (Wildman–Crippen LogP) is -2.17. The van der Waals surface area contributed by atoms with Crippen LogP contribution in [0.4, 0.5) is 0 Å². The van der Waals surface area contributed by atoms with Crippen molar-refractivity contribution in [2.75, 3.05) is 6.54 Å². The molecule has 0 bridgehead atoms. The number of aliphatic carboxylic acids is 1. The van der Waals surface area contributed by atoms with Crippen LogP contribution in [-0.4, -0.2) is 81.2 Å². The second-order valence-electron chi connectivity index (χ2n) is 9.16. The minimum atomic E-state index is -1.57. The minimum absolute atomic E-state index is 0.122. The number of carbonyl (C=O) groups excluding carboxylic acids is 5. The van der Waals surface area contributed by atoms with Crippen LogP contribution >= 0.6 is 0 Å². The highest BCUT2D eigenvalue weighted by Crippen LogP contribution is 2.21. The van der Waals surface area contributed by atoms with Crippen molar-refractivity contribution >= 4 is 46.4 Å². The molecule has 1 aliphatic heterocycles. The Bertz CT molecular complexity index is 1240. The Labute approximate surface area is 217 Å². The average Bonchev–Trinajstić information content (AvgIpc) is 3.50. The van der Waals surface area contributed by atoms with Gasteiger partial charge in [-0.15, -0.1) is 0 Å². The predicted molar refractivity (Wildman–Crippen MR) is 134 cm³/mol. The molecule has 0 aliphatic carbocycles. The number of primary amides is 2. The normalized spacial score (nSPS) is 17.4. The summed E-state index contributed by atoms with van der Waals surface area (Å²) in [5, 5.41) is 14.8. The number of hydrogen-bond acceptors (Lipinski definition) is 7. The molecule has 0 radical (unpaired) electrons. The van der Waals surface area contributed by atoms with E-state index < -0.39 is 72.5 Å². The number of carbonyl (C=O) groups is 6. The number of fused-ring (bicyclic) bond motifs is 1. The summed E-state index contributed by atoms with van der Waals surface area (Å²) in [5.41, 5.74) is 18.1. The number of aromatic nitrogens is 1. The highest BCUT2D eigenvalue weighted by Gasteiger charge is 2.39. The van der Waals surface area contributed by atoms with Gasteiger partial charge in [0.2, 0.25) is 29.5 Å². The van der Waals surface area contributed by atoms with Crippen molar-refractivity contribution in [1.82, 2.24) is 20.5 Å². The van der Waals surface area contributed by atoms with Crippen LogP contribution in [0.5, 0.6) is 0 Å². The fourth-order valence-corrected chi connectivity index (χ4v) is 4.48. The van der Waals surface area contributed by atoms with Crippen LogP contribution in [0.25, 0.3) is 10.9 Å². The molecule has 1 aliphatic rings. The van der Waals surface area contributed by atoms with E-state index in [-0.39, 0.29) is 19.4 Å². The lowest BCUT2D eigenvalue weighted by Gasteiger charge is -2.29. The molecule has 0 spiro atoms. The van der Waals surface area contributed by atoms with E-state index in [1.54, 1.807) is 6.20 Å². The molecule has 1 saturated heterocycles. The summed E-state index contributed by atoms with van der Waals surface area (Å²) in [7, 11) is 0. The van der Waals surface area contributed by atoms with Gasteiger partial charge in [0.25, 0.3) is 0 Å². The van der Waals surface area contributed by atoms with Crippen molar-refractivity contribution in [3.63, 3.8) is 0 Å². The summed E-state index contributed by atoms with van der Waals surface area (Å²) in [6.45, 7) is 0.122. The van der Waals surface area contributed by atoms with Crippen molar-refractivity contribution in [2.24, 2.45) is 17.2 Å². The van der Waals surface area contributed by atoms with Crippen LogP contribution in [0.15, 0.2) is 30.5 Å². The van der Waals surface area contributed by atoms with Crippen molar-refractivity contribution in [3.05, 3.63) is 36.0 Å². The fourth-order valence-electron chi connectivity index (χ4n) is 4.48. The van der Waals surface area contributed by atoms with E-state index in [4.69, 9.17) is 17.2 Å². The zero-order chi connectivity index (χ0) is 28.0. The first-order valence-electron chi connectivity index (χ1n) is 12.0. The monoisotopic (exact) mass is 529 g/mol. The maximum absolute atomic E-state index is 13.3. The van der Waals surface area contributed by atoms with Gasteiger partial charge in [-0.1, -0.05) is 18.2 Å². The molecule has 1 fully saturated rings. The second-order valence-corrected chi connectivity index (χ2v) is 9.16. The molecule has 10 N–H and O–H groups in total. The van der Waals surface area contributed by atoms with Gasteiger partial charge in [-0.25, -0.2) is 4.79 Å². The zero-order valence-electron chi connectivity index (χ0n) is 20.5. The van der Waals surface area contributed by atoms with E-state index in [0.29, 0.717) is 6.42 Å². The lowest BCUT2D eigenvalue weighted by molar-refractivity contribution is -0.146. The quantitative estimate of drug-likeness (QED) is 0.159. The Morgan fingerprint density at radius 3 is 2.34 bits per heavy atom. The number of para-hydroxylation sites is 1. The zero-order valence-corrected chi connectivity index (χ0v) is 20.5. The molecular weight excluding hydrogens is 498 g/mol. The number of benzene rings is 1. The molecule has 1 aromatic carbocycles. The highest BCUT2D eigenvalue weighted by molar-refractivity contribution is 5.97. The van der Waals surface area contributed by atoms with Crippen LogP contribution < -0.4 is 27.8 Å². The summed E-state index contributed by atoms with van der Waals surface area (Å²) in [5.74, 6) is -5.48. The number of carboxylic acid groups (broad SMARTS) is 1. The van der Waals surface area contributed by atoms with Gasteiger partial charge in [-0.05, 0) is 30.9 Å². The smallest absolute Gasteiger partial charge is 0.326 e. The Kier molecular flexibility index (Phi) is 9.02. The molecule has 204 valence electrons. The van der Waals surface area contributed by atoms with Crippen LogP contribution in [0, 0.1) is 0 Å². The van der Waals surface area contributed by atoms with Gasteiger partial charge in [0.1, 0.15) is 18.1 Å². The van der Waals surface area contributed by atoms with Crippen LogP contribution in [0.2, 0.25) is 0 Å². The molecule has 1 aromatic heterocycles. The Morgan fingerprint density at radius 2 is 1.68 bits per heavy atom. The number of hydrogen-bond donors (Lipinski definition) is 7. The molecule has 2 heterocycles. The van der Waals surface area contributed by atoms with Gasteiger partial charge in [0.15, 0.2) is 0 Å². The van der Waals surface area contributed by atoms with E-state index in [9.17, 15) is 33.9 Å². The first kappa shape index (κ1) is 28.1. The number of aromatic amines is 1. The van der Waals surface area contributed by atoms with Gasteiger partial charge in [-0.2, -0.15) is 0 Å². The van der Waals surface area contributed by atoms with Crippen molar-refractivity contribution in [1.29, 1.82) is 0 Å². The van der Waals surface area contributed by atoms with E-state index >= 15 is 0 Å². The molecule has 3 rings (SSSR count). The number of nitrogens with one attached hydrogen (secondary N) is 3. The largest absolute Gasteiger partial charge is 0.480 e. The Hall–Kier alpha value is -4.46. The van der Waals surface area contributed by atoms with E-state index in [1.165, 1.54) is 0 Å². The summed E-state index contributed by atoms with van der Waals surface area (Å²) in [4.78, 5) is 77.5.